The van der Waals surface area contributed by atoms with E-state index in [0.717, 1.165) is 45.3 Å². The Kier molecular flexibility index (Phi) is 7.08. The third-order valence-electron chi connectivity index (χ3n) is 7.13. The van der Waals surface area contributed by atoms with E-state index < -0.39 is 11.8 Å². The SMILES string of the molecule is CN1CCCc2cc(C(CNC(=O)C(=O)Nc3ccc4c(c3)OCCO4)N3CCCCC3)ccc21. The monoisotopic (exact) mass is 478 g/mol. The van der Waals surface area contributed by atoms with Gasteiger partial charge in [-0.2, -0.15) is 0 Å². The molecule has 3 aliphatic heterocycles. The van der Waals surface area contributed by atoms with Crippen LogP contribution >= 0.6 is 0 Å². The molecule has 1 atom stereocenters. The Bertz CT molecular complexity index is 1080. The van der Waals surface area contributed by atoms with Crippen LogP contribution in [0.3, 0.4) is 0 Å². The van der Waals surface area contributed by atoms with Crippen molar-refractivity contribution in [3.05, 3.63) is 47.5 Å². The fourth-order valence-corrected chi connectivity index (χ4v) is 5.28. The Morgan fingerprint density at radius 3 is 2.54 bits per heavy atom. The van der Waals surface area contributed by atoms with E-state index in [1.807, 2.05) is 0 Å². The molecule has 0 aromatic heterocycles. The van der Waals surface area contributed by atoms with Gasteiger partial charge in [-0.05, 0) is 68.1 Å². The number of benzene rings is 2. The first-order valence-corrected chi connectivity index (χ1v) is 12.7. The van der Waals surface area contributed by atoms with Crippen LogP contribution in [-0.2, 0) is 16.0 Å². The zero-order valence-electron chi connectivity index (χ0n) is 20.3. The van der Waals surface area contributed by atoms with Gasteiger partial charge < -0.3 is 25.0 Å². The quantitative estimate of drug-likeness (QED) is 0.643. The van der Waals surface area contributed by atoms with Crippen LogP contribution < -0.4 is 25.0 Å². The minimum absolute atomic E-state index is 0.0406. The molecule has 0 bridgehead atoms. The first kappa shape index (κ1) is 23.5. The summed E-state index contributed by atoms with van der Waals surface area (Å²) in [6.45, 7) is 4.43. The van der Waals surface area contributed by atoms with E-state index in [9.17, 15) is 9.59 Å². The van der Waals surface area contributed by atoms with Crippen LogP contribution in [-0.4, -0.2) is 63.2 Å². The minimum Gasteiger partial charge on any atom is -0.486 e. The third-order valence-corrected chi connectivity index (χ3v) is 7.13. The fourth-order valence-electron chi connectivity index (χ4n) is 5.28. The molecule has 8 heteroatoms. The van der Waals surface area contributed by atoms with Crippen molar-refractivity contribution < 1.29 is 19.1 Å². The lowest BCUT2D eigenvalue weighted by molar-refractivity contribution is -0.136. The Labute approximate surface area is 206 Å². The molecule has 2 N–H and O–H groups in total. The number of hydrogen-bond acceptors (Lipinski definition) is 6. The van der Waals surface area contributed by atoms with Crippen LogP contribution in [0.25, 0.3) is 0 Å². The Morgan fingerprint density at radius 1 is 0.914 bits per heavy atom. The van der Waals surface area contributed by atoms with Crippen molar-refractivity contribution in [3.8, 4) is 11.5 Å². The summed E-state index contributed by atoms with van der Waals surface area (Å²) in [5, 5.41) is 5.57. The van der Waals surface area contributed by atoms with Crippen LogP contribution in [0.5, 0.6) is 11.5 Å². The molecule has 1 unspecified atom stereocenters. The molecular formula is C27H34N4O4. The van der Waals surface area contributed by atoms with Crippen molar-refractivity contribution in [1.82, 2.24) is 10.2 Å². The van der Waals surface area contributed by atoms with Gasteiger partial charge in [0.2, 0.25) is 0 Å². The second kappa shape index (κ2) is 10.6. The van der Waals surface area contributed by atoms with Gasteiger partial charge in [-0.15, -0.1) is 0 Å². The number of amides is 2. The minimum atomic E-state index is -0.689. The number of fused-ring (bicyclic) bond motifs is 2. The van der Waals surface area contributed by atoms with Gasteiger partial charge in [0.1, 0.15) is 13.2 Å². The molecule has 3 aliphatic rings. The predicted octanol–water partition coefficient (Wildman–Crippen LogP) is 3.12. The molecule has 186 valence electrons. The van der Waals surface area contributed by atoms with Crippen molar-refractivity contribution in [1.29, 1.82) is 0 Å². The predicted molar refractivity (Wildman–Crippen MR) is 135 cm³/mol. The van der Waals surface area contributed by atoms with Crippen molar-refractivity contribution in [2.75, 3.05) is 56.7 Å². The number of carbonyl (C=O) groups is 2. The number of likely N-dealkylation sites (tertiary alicyclic amines) is 1. The topological polar surface area (TPSA) is 83.1 Å². The summed E-state index contributed by atoms with van der Waals surface area (Å²) in [6, 6.07) is 11.9. The highest BCUT2D eigenvalue weighted by molar-refractivity contribution is 6.39. The van der Waals surface area contributed by atoms with Gasteiger partial charge >= 0.3 is 11.8 Å². The summed E-state index contributed by atoms with van der Waals surface area (Å²) in [4.78, 5) is 30.1. The molecule has 0 spiro atoms. The summed E-state index contributed by atoms with van der Waals surface area (Å²) in [7, 11) is 2.14. The maximum absolute atomic E-state index is 12.7. The first-order chi connectivity index (χ1) is 17.1. The Hall–Kier alpha value is -3.26. The Morgan fingerprint density at radius 2 is 1.71 bits per heavy atom. The molecule has 5 rings (SSSR count). The number of piperidine rings is 1. The highest BCUT2D eigenvalue weighted by Crippen LogP contribution is 2.33. The van der Waals surface area contributed by atoms with E-state index in [4.69, 9.17) is 9.47 Å². The number of rotatable bonds is 5. The van der Waals surface area contributed by atoms with E-state index >= 15 is 0 Å². The molecule has 2 aromatic rings. The van der Waals surface area contributed by atoms with Crippen molar-refractivity contribution in [2.45, 2.75) is 38.1 Å². The summed E-state index contributed by atoms with van der Waals surface area (Å²) >= 11 is 0. The van der Waals surface area contributed by atoms with Gasteiger partial charge in [0.25, 0.3) is 0 Å². The lowest BCUT2D eigenvalue weighted by atomic mass is 9.95. The van der Waals surface area contributed by atoms with Gasteiger partial charge in [-0.3, -0.25) is 14.5 Å². The van der Waals surface area contributed by atoms with E-state index in [1.165, 1.54) is 23.2 Å². The summed E-state index contributed by atoms with van der Waals surface area (Å²) in [5.74, 6) is -0.122. The smallest absolute Gasteiger partial charge is 0.313 e. The number of nitrogens with one attached hydrogen (secondary N) is 2. The van der Waals surface area contributed by atoms with Crippen molar-refractivity contribution in [3.63, 3.8) is 0 Å². The molecule has 2 aromatic carbocycles. The average molecular weight is 479 g/mol. The first-order valence-electron chi connectivity index (χ1n) is 12.7. The lowest BCUT2D eigenvalue weighted by Gasteiger charge is -2.36. The zero-order chi connectivity index (χ0) is 24.2. The summed E-state index contributed by atoms with van der Waals surface area (Å²) in [6.07, 6.45) is 5.77. The normalized spacial score (nSPS) is 18.4. The molecule has 0 radical (unpaired) electrons. The lowest BCUT2D eigenvalue weighted by Crippen LogP contribution is -2.43. The molecule has 0 saturated carbocycles. The Balaban J connectivity index is 1.26. The van der Waals surface area contributed by atoms with Crippen LogP contribution in [0.15, 0.2) is 36.4 Å². The van der Waals surface area contributed by atoms with E-state index in [-0.39, 0.29) is 6.04 Å². The molecule has 1 fully saturated rings. The summed E-state index contributed by atoms with van der Waals surface area (Å²) < 4.78 is 11.1. The number of anilines is 2. The maximum Gasteiger partial charge on any atom is 0.313 e. The molecule has 2 amide bonds. The molecule has 8 nitrogen and oxygen atoms in total. The fraction of sp³-hybridized carbons (Fsp3) is 0.481. The molecule has 1 saturated heterocycles. The van der Waals surface area contributed by atoms with Gasteiger partial charge in [0.15, 0.2) is 11.5 Å². The van der Waals surface area contributed by atoms with Crippen LogP contribution in [0.2, 0.25) is 0 Å². The summed E-state index contributed by atoms with van der Waals surface area (Å²) in [5.41, 5.74) is 4.36. The van der Waals surface area contributed by atoms with Gasteiger partial charge in [0.05, 0.1) is 6.04 Å². The van der Waals surface area contributed by atoms with Crippen LogP contribution in [0.1, 0.15) is 42.9 Å². The zero-order valence-corrected chi connectivity index (χ0v) is 20.3. The number of hydrogen-bond donors (Lipinski definition) is 2. The standard InChI is InChI=1S/C27H34N4O4/c1-30-11-5-6-19-16-20(7-9-22(19)30)23(31-12-3-2-4-13-31)18-28-26(32)27(33)29-21-8-10-24-25(17-21)35-15-14-34-24/h7-10,16-17,23H,2-6,11-15,18H2,1H3,(H,28,32)(H,29,33). The van der Waals surface area contributed by atoms with Crippen molar-refractivity contribution >= 4 is 23.2 Å². The molecule has 0 aliphatic carbocycles. The number of nitrogens with zero attached hydrogens (tertiary/aromatic N) is 2. The average Bonchev–Trinajstić information content (AvgIpc) is 2.89. The van der Waals surface area contributed by atoms with Gasteiger partial charge in [-0.1, -0.05) is 18.6 Å². The highest BCUT2D eigenvalue weighted by Gasteiger charge is 2.26. The molecular weight excluding hydrogens is 444 g/mol. The molecule has 3 heterocycles. The molecule has 35 heavy (non-hydrogen) atoms. The van der Waals surface area contributed by atoms with Crippen molar-refractivity contribution in [2.24, 2.45) is 0 Å². The van der Waals surface area contributed by atoms with E-state index in [2.05, 4.69) is 45.7 Å². The number of aryl methyl sites for hydroxylation is 1. The maximum atomic E-state index is 12.7. The van der Waals surface area contributed by atoms with Crippen LogP contribution in [0.4, 0.5) is 11.4 Å². The number of ether oxygens (including phenoxy) is 2. The largest absolute Gasteiger partial charge is 0.486 e. The van der Waals surface area contributed by atoms with E-state index in [1.54, 1.807) is 18.2 Å². The third kappa shape index (κ3) is 5.37. The second-order valence-corrected chi connectivity index (χ2v) is 9.55. The highest BCUT2D eigenvalue weighted by atomic mass is 16.6. The number of carbonyl (C=O) groups excluding carboxylic acids is 2. The second-order valence-electron chi connectivity index (χ2n) is 9.55. The van der Waals surface area contributed by atoms with Gasteiger partial charge in [-0.25, -0.2) is 0 Å². The van der Waals surface area contributed by atoms with Gasteiger partial charge in [0, 0.05) is 37.6 Å². The van der Waals surface area contributed by atoms with Crippen LogP contribution in [0, 0.1) is 0 Å². The van der Waals surface area contributed by atoms with E-state index in [0.29, 0.717) is 36.9 Å².